The van der Waals surface area contributed by atoms with Crippen LogP contribution in [0.4, 0.5) is 0 Å². The van der Waals surface area contributed by atoms with E-state index >= 15 is 0 Å². The van der Waals surface area contributed by atoms with Crippen LogP contribution in [0.2, 0.25) is 0 Å². The predicted molar refractivity (Wildman–Crippen MR) is 85.8 cm³/mol. The minimum atomic E-state index is -0.205. The molecule has 3 heteroatoms. The van der Waals surface area contributed by atoms with Crippen LogP contribution in [0, 0.1) is 16.7 Å². The molecule has 0 aromatic heterocycles. The van der Waals surface area contributed by atoms with Crippen LogP contribution in [0.5, 0.6) is 0 Å². The zero-order valence-corrected chi connectivity index (χ0v) is 14.5. The molecule has 0 radical (unpaired) electrons. The van der Waals surface area contributed by atoms with Crippen molar-refractivity contribution in [3.05, 3.63) is 0 Å². The Kier molecular flexibility index (Phi) is 3.44. The Hall–Kier alpha value is -0.570. The third-order valence-electron chi connectivity index (χ3n) is 7.21. The topological polar surface area (TPSA) is 32.3 Å². The lowest BCUT2D eigenvalue weighted by Crippen LogP contribution is -2.44. The van der Waals surface area contributed by atoms with Crippen molar-refractivity contribution in [2.24, 2.45) is 16.7 Å². The lowest BCUT2D eigenvalue weighted by molar-refractivity contribution is -0.133. The second-order valence-electron chi connectivity index (χ2n) is 8.69. The second kappa shape index (κ2) is 4.71. The van der Waals surface area contributed by atoms with Crippen molar-refractivity contribution in [3.8, 4) is 0 Å². The van der Waals surface area contributed by atoms with E-state index in [0.29, 0.717) is 22.7 Å². The fourth-order valence-corrected chi connectivity index (χ4v) is 4.91. The Morgan fingerprint density at radius 2 is 1.71 bits per heavy atom. The molecule has 2 aliphatic carbocycles. The average molecular weight is 292 g/mol. The predicted octanol–water partition coefficient (Wildman–Crippen LogP) is 3.54. The smallest absolute Gasteiger partial charge is 0.244 e. The molecule has 1 amide bonds. The summed E-state index contributed by atoms with van der Waals surface area (Å²) >= 11 is 0. The molecule has 0 aromatic carbocycles. The standard InChI is InChI=1S/C18H32N2O/c1-6-9-14-19-18(10-7-8-11-18)15(21)20(14)12-13-16(2,3)17(13,4)5/h13-14,19H,6-12H2,1-5H3. The van der Waals surface area contributed by atoms with Crippen LogP contribution in [-0.4, -0.2) is 29.1 Å². The largest absolute Gasteiger partial charge is 0.325 e. The molecule has 1 heterocycles. The summed E-state index contributed by atoms with van der Waals surface area (Å²) in [6, 6.07) is 0. The summed E-state index contributed by atoms with van der Waals surface area (Å²) in [5, 5.41) is 3.73. The molecule has 3 nitrogen and oxygen atoms in total. The first kappa shape index (κ1) is 15.3. The van der Waals surface area contributed by atoms with Gasteiger partial charge in [-0.15, -0.1) is 0 Å². The fourth-order valence-electron chi connectivity index (χ4n) is 4.91. The van der Waals surface area contributed by atoms with E-state index in [4.69, 9.17) is 0 Å². The first-order valence-electron chi connectivity index (χ1n) is 8.85. The maximum absolute atomic E-state index is 13.1. The first-order valence-corrected chi connectivity index (χ1v) is 8.85. The zero-order valence-electron chi connectivity index (χ0n) is 14.5. The van der Waals surface area contributed by atoms with Gasteiger partial charge in [0.15, 0.2) is 0 Å². The van der Waals surface area contributed by atoms with Crippen molar-refractivity contribution in [1.29, 1.82) is 0 Å². The van der Waals surface area contributed by atoms with Crippen LogP contribution in [0.1, 0.15) is 73.1 Å². The number of rotatable bonds is 4. The van der Waals surface area contributed by atoms with Crippen LogP contribution < -0.4 is 5.32 Å². The summed E-state index contributed by atoms with van der Waals surface area (Å²) in [4.78, 5) is 15.3. The summed E-state index contributed by atoms with van der Waals surface area (Å²) in [6.45, 7) is 12.6. The third-order valence-corrected chi connectivity index (χ3v) is 7.21. The van der Waals surface area contributed by atoms with Gasteiger partial charge in [0, 0.05) is 6.54 Å². The van der Waals surface area contributed by atoms with Crippen molar-refractivity contribution < 1.29 is 4.79 Å². The number of amides is 1. The van der Waals surface area contributed by atoms with Crippen LogP contribution in [-0.2, 0) is 4.79 Å². The molecule has 1 unspecified atom stereocenters. The molecule has 1 saturated heterocycles. The molecule has 1 spiro atoms. The highest BCUT2D eigenvalue weighted by molar-refractivity contribution is 5.89. The number of carbonyl (C=O) groups excluding carboxylic acids is 1. The van der Waals surface area contributed by atoms with Crippen molar-refractivity contribution >= 4 is 5.91 Å². The van der Waals surface area contributed by atoms with Gasteiger partial charge in [0.2, 0.25) is 5.91 Å². The van der Waals surface area contributed by atoms with Crippen LogP contribution in [0.15, 0.2) is 0 Å². The molecule has 1 aliphatic heterocycles. The summed E-state index contributed by atoms with van der Waals surface area (Å²) in [7, 11) is 0. The molecular formula is C18H32N2O. The number of nitrogens with one attached hydrogen (secondary N) is 1. The number of carbonyl (C=O) groups is 1. The SMILES string of the molecule is CCCC1NC2(CCCC2)C(=O)N1CC1C(C)(C)C1(C)C. The van der Waals surface area contributed by atoms with Crippen molar-refractivity contribution in [3.63, 3.8) is 0 Å². The molecule has 0 bridgehead atoms. The van der Waals surface area contributed by atoms with Gasteiger partial charge < -0.3 is 4.90 Å². The summed E-state index contributed by atoms with van der Waals surface area (Å²) in [5.41, 5.74) is 0.508. The van der Waals surface area contributed by atoms with Crippen LogP contribution in [0.3, 0.4) is 0 Å². The molecule has 1 atom stereocenters. The molecule has 1 N–H and O–H groups in total. The highest BCUT2D eigenvalue weighted by atomic mass is 16.2. The maximum atomic E-state index is 13.1. The van der Waals surface area contributed by atoms with E-state index in [1.165, 1.54) is 12.8 Å². The van der Waals surface area contributed by atoms with E-state index in [2.05, 4.69) is 44.8 Å². The molecule has 120 valence electrons. The maximum Gasteiger partial charge on any atom is 0.244 e. The van der Waals surface area contributed by atoms with Gasteiger partial charge in [-0.05, 0) is 36.0 Å². The minimum Gasteiger partial charge on any atom is -0.325 e. The van der Waals surface area contributed by atoms with Crippen LogP contribution >= 0.6 is 0 Å². The van der Waals surface area contributed by atoms with Gasteiger partial charge in [-0.25, -0.2) is 0 Å². The molecule has 21 heavy (non-hydrogen) atoms. The second-order valence-corrected chi connectivity index (χ2v) is 8.69. The first-order chi connectivity index (χ1) is 9.76. The monoisotopic (exact) mass is 292 g/mol. The highest BCUT2D eigenvalue weighted by Crippen LogP contribution is 2.68. The van der Waals surface area contributed by atoms with E-state index in [1.807, 2.05) is 0 Å². The molecule has 2 saturated carbocycles. The lowest BCUT2D eigenvalue weighted by Gasteiger charge is -2.25. The minimum absolute atomic E-state index is 0.205. The molecule has 3 aliphatic rings. The van der Waals surface area contributed by atoms with Crippen molar-refractivity contribution in [2.75, 3.05) is 6.54 Å². The molecule has 0 aromatic rings. The van der Waals surface area contributed by atoms with Gasteiger partial charge in [0.05, 0.1) is 11.7 Å². The summed E-state index contributed by atoms with van der Waals surface area (Å²) in [6.07, 6.45) is 6.97. The molecule has 3 rings (SSSR count). The van der Waals surface area contributed by atoms with E-state index in [0.717, 1.165) is 32.2 Å². The Bertz CT molecular complexity index is 420. The highest BCUT2D eigenvalue weighted by Gasteiger charge is 2.66. The van der Waals surface area contributed by atoms with E-state index < -0.39 is 0 Å². The van der Waals surface area contributed by atoms with Gasteiger partial charge in [0.25, 0.3) is 0 Å². The molecule has 3 fully saturated rings. The number of hydrogen-bond acceptors (Lipinski definition) is 2. The Balaban J connectivity index is 1.78. The lowest BCUT2D eigenvalue weighted by atomic mass is 9.98. The summed E-state index contributed by atoms with van der Waals surface area (Å²) < 4.78 is 0. The van der Waals surface area contributed by atoms with Gasteiger partial charge in [-0.1, -0.05) is 53.9 Å². The van der Waals surface area contributed by atoms with Gasteiger partial charge in [0.1, 0.15) is 0 Å². The quantitative estimate of drug-likeness (QED) is 0.859. The number of hydrogen-bond donors (Lipinski definition) is 1. The summed E-state index contributed by atoms with van der Waals surface area (Å²) in [5.74, 6) is 1.03. The number of nitrogens with zero attached hydrogens (tertiary/aromatic N) is 1. The Morgan fingerprint density at radius 1 is 1.14 bits per heavy atom. The van der Waals surface area contributed by atoms with Gasteiger partial charge in [-0.2, -0.15) is 0 Å². The normalized spacial score (nSPS) is 33.1. The van der Waals surface area contributed by atoms with E-state index in [1.54, 1.807) is 0 Å². The third kappa shape index (κ3) is 2.07. The zero-order chi connectivity index (χ0) is 15.5. The van der Waals surface area contributed by atoms with Gasteiger partial charge in [-0.3, -0.25) is 10.1 Å². The van der Waals surface area contributed by atoms with E-state index in [9.17, 15) is 4.79 Å². The Labute approximate surface area is 129 Å². The molecular weight excluding hydrogens is 260 g/mol. The van der Waals surface area contributed by atoms with Crippen molar-refractivity contribution in [2.45, 2.75) is 84.8 Å². The van der Waals surface area contributed by atoms with Crippen LogP contribution in [0.25, 0.3) is 0 Å². The Morgan fingerprint density at radius 3 is 2.19 bits per heavy atom. The average Bonchev–Trinajstić information content (AvgIpc) is 2.83. The van der Waals surface area contributed by atoms with Gasteiger partial charge >= 0.3 is 0 Å². The fraction of sp³-hybridized carbons (Fsp3) is 0.944. The van der Waals surface area contributed by atoms with Crippen molar-refractivity contribution in [1.82, 2.24) is 10.2 Å². The van der Waals surface area contributed by atoms with E-state index in [-0.39, 0.29) is 11.7 Å².